The summed E-state index contributed by atoms with van der Waals surface area (Å²) in [6, 6.07) is 21.8. The molecule has 0 atom stereocenters. The highest BCUT2D eigenvalue weighted by Crippen LogP contribution is 2.23. The quantitative estimate of drug-likeness (QED) is 0.382. The molecule has 0 aliphatic heterocycles. The van der Waals surface area contributed by atoms with Gasteiger partial charge in [0.15, 0.2) is 5.11 Å². The lowest BCUT2D eigenvalue weighted by molar-refractivity contribution is -0.115. The fourth-order valence-electron chi connectivity index (χ4n) is 2.95. The van der Waals surface area contributed by atoms with Gasteiger partial charge >= 0.3 is 0 Å². The molecule has 3 N–H and O–H groups in total. The highest BCUT2D eigenvalue weighted by Gasteiger charge is 2.15. The van der Waals surface area contributed by atoms with Gasteiger partial charge in [0.2, 0.25) is 5.91 Å². The normalized spacial score (nSPS) is 10.2. The molecule has 164 valence electrons. The highest BCUT2D eigenvalue weighted by molar-refractivity contribution is 9.10. The minimum atomic E-state index is -0.389. The molecule has 0 aliphatic carbocycles. The topological polar surface area (TPSA) is 79.5 Å². The van der Waals surface area contributed by atoms with Crippen LogP contribution in [0.5, 0.6) is 5.75 Å². The number of halogens is 1. The molecular weight excluding hydrogens is 490 g/mol. The SMILES string of the molecule is CCOc1ccc(Br)cc1C(=O)NC(=S)Nc1cccc(NC(=O)Cc2ccccc2)c1. The number of thiocarbonyl (C=S) groups is 1. The van der Waals surface area contributed by atoms with Crippen LogP contribution >= 0.6 is 28.1 Å². The van der Waals surface area contributed by atoms with Crippen LogP contribution in [0.25, 0.3) is 0 Å². The van der Waals surface area contributed by atoms with E-state index >= 15 is 0 Å². The molecule has 0 unspecified atom stereocenters. The molecular formula is C24H22BrN3O3S. The lowest BCUT2D eigenvalue weighted by Crippen LogP contribution is -2.34. The van der Waals surface area contributed by atoms with Crippen molar-refractivity contribution >= 4 is 56.4 Å². The molecule has 8 heteroatoms. The second-order valence-electron chi connectivity index (χ2n) is 6.77. The van der Waals surface area contributed by atoms with Crippen LogP contribution in [0.4, 0.5) is 11.4 Å². The Morgan fingerprint density at radius 3 is 2.38 bits per heavy atom. The van der Waals surface area contributed by atoms with Gasteiger partial charge in [-0.05, 0) is 61.1 Å². The number of nitrogens with one attached hydrogen (secondary N) is 3. The van der Waals surface area contributed by atoms with Gasteiger partial charge in [0.25, 0.3) is 5.91 Å². The third kappa shape index (κ3) is 6.90. The van der Waals surface area contributed by atoms with Gasteiger partial charge in [-0.1, -0.05) is 52.3 Å². The number of hydrogen-bond acceptors (Lipinski definition) is 4. The number of carbonyl (C=O) groups is 2. The number of anilines is 2. The summed E-state index contributed by atoms with van der Waals surface area (Å²) in [6.45, 7) is 2.29. The first-order valence-electron chi connectivity index (χ1n) is 9.93. The van der Waals surface area contributed by atoms with Crippen LogP contribution in [-0.4, -0.2) is 23.5 Å². The zero-order chi connectivity index (χ0) is 22.9. The predicted molar refractivity (Wildman–Crippen MR) is 134 cm³/mol. The summed E-state index contributed by atoms with van der Waals surface area (Å²) in [6.07, 6.45) is 0.280. The second-order valence-corrected chi connectivity index (χ2v) is 8.10. The van der Waals surface area contributed by atoms with Crippen molar-refractivity contribution < 1.29 is 14.3 Å². The second kappa shape index (κ2) is 11.4. The Morgan fingerprint density at radius 1 is 0.938 bits per heavy atom. The van der Waals surface area contributed by atoms with Gasteiger partial charge in [0.1, 0.15) is 5.75 Å². The maximum absolute atomic E-state index is 12.7. The Morgan fingerprint density at radius 2 is 1.66 bits per heavy atom. The van der Waals surface area contributed by atoms with Gasteiger partial charge in [0.05, 0.1) is 18.6 Å². The molecule has 0 fully saturated rings. The van der Waals surface area contributed by atoms with Crippen molar-refractivity contribution in [3.8, 4) is 5.75 Å². The first kappa shape index (κ1) is 23.4. The summed E-state index contributed by atoms with van der Waals surface area (Å²) in [5.41, 5.74) is 2.55. The van der Waals surface area contributed by atoms with Gasteiger partial charge in [-0.2, -0.15) is 0 Å². The van der Waals surface area contributed by atoms with Gasteiger partial charge in [-0.15, -0.1) is 0 Å². The van der Waals surface area contributed by atoms with Crippen molar-refractivity contribution in [3.05, 3.63) is 88.4 Å². The Bertz CT molecular complexity index is 1120. The smallest absolute Gasteiger partial charge is 0.261 e. The standard InChI is InChI=1S/C24H22BrN3O3S/c1-2-31-21-12-11-17(25)14-20(21)23(30)28-24(32)27-19-10-6-9-18(15-19)26-22(29)13-16-7-4-3-5-8-16/h3-12,14-15H,2,13H2,1H3,(H,26,29)(H2,27,28,30,32). The number of benzene rings is 3. The largest absolute Gasteiger partial charge is 0.493 e. The number of amides is 2. The van der Waals surface area contributed by atoms with E-state index in [2.05, 4.69) is 31.9 Å². The Labute approximate surface area is 200 Å². The third-order valence-corrected chi connectivity index (χ3v) is 5.02. The maximum Gasteiger partial charge on any atom is 0.261 e. The van der Waals surface area contributed by atoms with E-state index < -0.39 is 0 Å². The lowest BCUT2D eigenvalue weighted by Gasteiger charge is -2.13. The molecule has 0 bridgehead atoms. The Kier molecular flexibility index (Phi) is 8.35. The summed E-state index contributed by atoms with van der Waals surface area (Å²) in [7, 11) is 0. The van der Waals surface area contributed by atoms with E-state index in [-0.39, 0.29) is 23.3 Å². The predicted octanol–water partition coefficient (Wildman–Crippen LogP) is 5.16. The van der Waals surface area contributed by atoms with E-state index in [4.69, 9.17) is 17.0 Å². The molecule has 0 saturated heterocycles. The maximum atomic E-state index is 12.7. The van der Waals surface area contributed by atoms with E-state index in [1.807, 2.05) is 37.3 Å². The molecule has 0 heterocycles. The van der Waals surface area contributed by atoms with Crippen molar-refractivity contribution in [2.45, 2.75) is 13.3 Å². The average Bonchev–Trinajstić information content (AvgIpc) is 2.76. The number of ether oxygens (including phenoxy) is 1. The summed E-state index contributed by atoms with van der Waals surface area (Å²) in [4.78, 5) is 25.0. The number of carbonyl (C=O) groups excluding carboxylic acids is 2. The van der Waals surface area contributed by atoms with Crippen molar-refractivity contribution in [1.29, 1.82) is 0 Å². The van der Waals surface area contributed by atoms with E-state index in [0.717, 1.165) is 10.0 Å². The monoisotopic (exact) mass is 511 g/mol. The molecule has 3 aromatic rings. The van der Waals surface area contributed by atoms with Crippen LogP contribution in [0.1, 0.15) is 22.8 Å². The van der Waals surface area contributed by atoms with Crippen LogP contribution in [0.2, 0.25) is 0 Å². The summed E-state index contributed by atoms with van der Waals surface area (Å²) in [5.74, 6) is -0.0407. The molecule has 3 rings (SSSR count). The van der Waals surface area contributed by atoms with Crippen LogP contribution in [0, 0.1) is 0 Å². The minimum absolute atomic E-state index is 0.123. The van der Waals surface area contributed by atoms with E-state index in [1.165, 1.54) is 0 Å². The Balaban J connectivity index is 1.60. The van der Waals surface area contributed by atoms with E-state index in [9.17, 15) is 9.59 Å². The van der Waals surface area contributed by atoms with Crippen LogP contribution in [0.15, 0.2) is 77.3 Å². The molecule has 0 saturated carbocycles. The van der Waals surface area contributed by atoms with E-state index in [1.54, 1.807) is 42.5 Å². The highest BCUT2D eigenvalue weighted by atomic mass is 79.9. The first-order chi connectivity index (χ1) is 15.4. The van der Waals surface area contributed by atoms with Gasteiger partial charge in [-0.25, -0.2) is 0 Å². The molecule has 0 spiro atoms. The summed E-state index contributed by atoms with van der Waals surface area (Å²) in [5, 5.41) is 8.62. The van der Waals surface area contributed by atoms with Crippen molar-refractivity contribution in [3.63, 3.8) is 0 Å². The van der Waals surface area contributed by atoms with Gasteiger partial charge in [-0.3, -0.25) is 14.9 Å². The van der Waals surface area contributed by atoms with Crippen molar-refractivity contribution in [2.24, 2.45) is 0 Å². The molecule has 0 aromatic heterocycles. The van der Waals surface area contributed by atoms with E-state index in [0.29, 0.717) is 29.3 Å². The van der Waals surface area contributed by atoms with Crippen molar-refractivity contribution in [2.75, 3.05) is 17.2 Å². The molecule has 32 heavy (non-hydrogen) atoms. The van der Waals surface area contributed by atoms with Crippen LogP contribution < -0.4 is 20.7 Å². The van der Waals surface area contributed by atoms with Crippen molar-refractivity contribution in [1.82, 2.24) is 5.32 Å². The summed E-state index contributed by atoms with van der Waals surface area (Å²) < 4.78 is 6.28. The lowest BCUT2D eigenvalue weighted by atomic mass is 10.1. The zero-order valence-electron chi connectivity index (χ0n) is 17.4. The molecule has 3 aromatic carbocycles. The average molecular weight is 512 g/mol. The summed E-state index contributed by atoms with van der Waals surface area (Å²) >= 11 is 8.65. The number of hydrogen-bond donors (Lipinski definition) is 3. The fraction of sp³-hybridized carbons (Fsp3) is 0.125. The third-order valence-electron chi connectivity index (χ3n) is 4.32. The van der Waals surface area contributed by atoms with Gasteiger partial charge in [0, 0.05) is 15.8 Å². The molecule has 0 aliphatic rings. The van der Waals surface area contributed by atoms with Gasteiger partial charge < -0.3 is 15.4 Å². The first-order valence-corrected chi connectivity index (χ1v) is 11.1. The molecule has 6 nitrogen and oxygen atoms in total. The number of rotatable bonds is 7. The Hall–Kier alpha value is -3.23. The fourth-order valence-corrected chi connectivity index (χ4v) is 3.53. The molecule has 2 amide bonds. The minimum Gasteiger partial charge on any atom is -0.493 e. The van der Waals surface area contributed by atoms with Crippen LogP contribution in [0.3, 0.4) is 0 Å². The molecule has 0 radical (unpaired) electrons. The zero-order valence-corrected chi connectivity index (χ0v) is 19.8. The van der Waals surface area contributed by atoms with Crippen LogP contribution in [-0.2, 0) is 11.2 Å².